The van der Waals surface area contributed by atoms with Crippen LogP contribution in [0.4, 0.5) is 0 Å². The maximum Gasteiger partial charge on any atom is 0.236 e. The van der Waals surface area contributed by atoms with Crippen LogP contribution < -0.4 is 0 Å². The molecule has 122 valence electrons. The van der Waals surface area contributed by atoms with E-state index in [9.17, 15) is 14.7 Å². The number of phenolic OH excluding ortho intramolecular Hbond substituents is 1. The molecular formula is C17H18O6. The van der Waals surface area contributed by atoms with Crippen molar-refractivity contribution in [1.29, 1.82) is 0 Å². The van der Waals surface area contributed by atoms with Crippen molar-refractivity contribution in [3.63, 3.8) is 0 Å². The van der Waals surface area contributed by atoms with Crippen LogP contribution in [0.1, 0.15) is 51.8 Å². The van der Waals surface area contributed by atoms with E-state index in [0.29, 0.717) is 12.0 Å². The number of hydrogen-bond donors (Lipinski definition) is 1. The summed E-state index contributed by atoms with van der Waals surface area (Å²) in [4.78, 5) is 25.2. The highest BCUT2D eigenvalue weighted by Gasteiger charge is 2.40. The van der Waals surface area contributed by atoms with Crippen LogP contribution in [0.3, 0.4) is 0 Å². The van der Waals surface area contributed by atoms with Crippen LogP contribution in [0.2, 0.25) is 0 Å². The SMILES string of the molecule is COC1=C(OC)C(=O)c2c(cc3c(c2O)[C@H](C)O[C@H](C)C3)C1=O. The first kappa shape index (κ1) is 15.6. The van der Waals surface area contributed by atoms with E-state index in [2.05, 4.69) is 0 Å². The number of ketones is 2. The molecule has 0 radical (unpaired) electrons. The summed E-state index contributed by atoms with van der Waals surface area (Å²) in [6.07, 6.45) is 0.169. The molecule has 0 aromatic heterocycles. The molecule has 2 atom stereocenters. The average Bonchev–Trinajstić information content (AvgIpc) is 2.49. The Labute approximate surface area is 133 Å². The molecule has 6 heteroatoms. The van der Waals surface area contributed by atoms with E-state index < -0.39 is 11.6 Å². The molecule has 2 aliphatic rings. The van der Waals surface area contributed by atoms with Crippen LogP contribution >= 0.6 is 0 Å². The van der Waals surface area contributed by atoms with Crippen molar-refractivity contribution < 1.29 is 28.9 Å². The Morgan fingerprint density at radius 1 is 1.13 bits per heavy atom. The second-order valence-electron chi connectivity index (χ2n) is 5.74. The van der Waals surface area contributed by atoms with Crippen LogP contribution in [-0.2, 0) is 20.6 Å². The number of rotatable bonds is 2. The van der Waals surface area contributed by atoms with Gasteiger partial charge >= 0.3 is 0 Å². The van der Waals surface area contributed by atoms with Crippen LogP contribution in [0.15, 0.2) is 17.6 Å². The highest BCUT2D eigenvalue weighted by Crippen LogP contribution is 2.43. The zero-order valence-corrected chi connectivity index (χ0v) is 13.4. The van der Waals surface area contributed by atoms with Crippen molar-refractivity contribution in [2.24, 2.45) is 0 Å². The number of allylic oxidation sites excluding steroid dienone is 2. The van der Waals surface area contributed by atoms with Crippen molar-refractivity contribution in [3.05, 3.63) is 39.8 Å². The molecule has 3 rings (SSSR count). The molecule has 0 saturated heterocycles. The number of benzene rings is 1. The number of carbonyl (C=O) groups is 2. The average molecular weight is 318 g/mol. The van der Waals surface area contributed by atoms with Crippen molar-refractivity contribution in [3.8, 4) is 5.75 Å². The number of Topliss-reactive ketones (excluding diaryl/α,β-unsaturated/α-hetero) is 2. The quantitative estimate of drug-likeness (QED) is 0.901. The van der Waals surface area contributed by atoms with Gasteiger partial charge in [0.1, 0.15) is 5.75 Å². The monoisotopic (exact) mass is 318 g/mol. The van der Waals surface area contributed by atoms with E-state index in [1.165, 1.54) is 14.2 Å². The summed E-state index contributed by atoms with van der Waals surface area (Å²) in [6, 6.07) is 1.66. The van der Waals surface area contributed by atoms with Gasteiger partial charge < -0.3 is 19.3 Å². The third-order valence-electron chi connectivity index (χ3n) is 4.27. The second kappa shape index (κ2) is 5.38. The predicted molar refractivity (Wildman–Crippen MR) is 80.5 cm³/mol. The van der Waals surface area contributed by atoms with E-state index in [1.807, 2.05) is 13.8 Å². The molecule has 0 spiro atoms. The molecule has 1 aromatic rings. The van der Waals surface area contributed by atoms with Gasteiger partial charge in [-0.25, -0.2) is 0 Å². The number of methoxy groups -OCH3 is 2. The molecule has 0 unspecified atom stereocenters. The summed E-state index contributed by atoms with van der Waals surface area (Å²) >= 11 is 0. The Morgan fingerprint density at radius 2 is 1.74 bits per heavy atom. The number of aromatic hydroxyl groups is 1. The molecular weight excluding hydrogens is 300 g/mol. The Bertz CT molecular complexity index is 746. The zero-order chi connectivity index (χ0) is 16.9. The summed E-state index contributed by atoms with van der Waals surface area (Å²) in [5.74, 6) is -1.58. The molecule has 0 amide bonds. The Morgan fingerprint density at radius 3 is 2.35 bits per heavy atom. The minimum absolute atomic E-state index is 0.0312. The summed E-state index contributed by atoms with van der Waals surface area (Å²) in [5, 5.41) is 10.6. The molecule has 6 nitrogen and oxygen atoms in total. The molecule has 0 bridgehead atoms. The first-order valence-electron chi connectivity index (χ1n) is 7.36. The van der Waals surface area contributed by atoms with Gasteiger partial charge in [-0.05, 0) is 31.9 Å². The fourth-order valence-electron chi connectivity index (χ4n) is 3.36. The Hall–Kier alpha value is -2.34. The lowest BCUT2D eigenvalue weighted by atomic mass is 9.83. The van der Waals surface area contributed by atoms with Gasteiger partial charge in [0.05, 0.1) is 32.0 Å². The van der Waals surface area contributed by atoms with Gasteiger partial charge in [-0.3, -0.25) is 9.59 Å². The molecule has 0 fully saturated rings. The molecule has 1 aromatic carbocycles. The molecule has 0 saturated carbocycles. The van der Waals surface area contributed by atoms with Crippen LogP contribution in [0.25, 0.3) is 0 Å². The van der Waals surface area contributed by atoms with Crippen molar-refractivity contribution in [1.82, 2.24) is 0 Å². The third kappa shape index (κ3) is 2.13. The minimum Gasteiger partial charge on any atom is -0.507 e. The highest BCUT2D eigenvalue weighted by atomic mass is 16.5. The van der Waals surface area contributed by atoms with Gasteiger partial charge in [0.15, 0.2) is 0 Å². The number of ether oxygens (including phenoxy) is 3. The summed E-state index contributed by atoms with van der Waals surface area (Å²) in [5.41, 5.74) is 1.46. The van der Waals surface area contributed by atoms with Crippen molar-refractivity contribution in [2.75, 3.05) is 14.2 Å². The minimum atomic E-state index is -0.565. The number of carbonyl (C=O) groups excluding carboxylic acids is 2. The van der Waals surface area contributed by atoms with E-state index >= 15 is 0 Å². The lowest BCUT2D eigenvalue weighted by Crippen LogP contribution is -2.28. The largest absolute Gasteiger partial charge is 0.507 e. The molecule has 1 aliphatic carbocycles. The normalized spacial score (nSPS) is 23.5. The van der Waals surface area contributed by atoms with Crippen LogP contribution in [0.5, 0.6) is 5.75 Å². The number of hydrogen-bond acceptors (Lipinski definition) is 6. The topological polar surface area (TPSA) is 82.1 Å². The first-order valence-corrected chi connectivity index (χ1v) is 7.36. The maximum absolute atomic E-state index is 12.6. The van der Waals surface area contributed by atoms with Crippen LogP contribution in [-0.4, -0.2) is 37.0 Å². The number of fused-ring (bicyclic) bond motifs is 2. The van der Waals surface area contributed by atoms with E-state index in [-0.39, 0.29) is 40.6 Å². The zero-order valence-electron chi connectivity index (χ0n) is 13.4. The summed E-state index contributed by atoms with van der Waals surface area (Å²) < 4.78 is 15.8. The van der Waals surface area contributed by atoms with Gasteiger partial charge in [-0.15, -0.1) is 0 Å². The molecule has 1 aliphatic heterocycles. The predicted octanol–water partition coefficient (Wildman–Crippen LogP) is 2.30. The first-order chi connectivity index (χ1) is 10.9. The fourth-order valence-corrected chi connectivity index (χ4v) is 3.36. The summed E-state index contributed by atoms with van der Waals surface area (Å²) in [7, 11) is 2.59. The van der Waals surface area contributed by atoms with Crippen molar-refractivity contribution in [2.45, 2.75) is 32.5 Å². The van der Waals surface area contributed by atoms with E-state index in [4.69, 9.17) is 14.2 Å². The van der Waals surface area contributed by atoms with Gasteiger partial charge in [0, 0.05) is 11.1 Å². The Balaban J connectivity index is 2.28. The van der Waals surface area contributed by atoms with Gasteiger partial charge in [-0.1, -0.05) is 0 Å². The number of phenols is 1. The van der Waals surface area contributed by atoms with Gasteiger partial charge in [0.25, 0.3) is 0 Å². The second-order valence-corrected chi connectivity index (χ2v) is 5.74. The van der Waals surface area contributed by atoms with Crippen LogP contribution in [0, 0.1) is 0 Å². The van der Waals surface area contributed by atoms with E-state index in [1.54, 1.807) is 6.07 Å². The molecule has 23 heavy (non-hydrogen) atoms. The third-order valence-corrected chi connectivity index (χ3v) is 4.27. The van der Waals surface area contributed by atoms with E-state index in [0.717, 1.165) is 5.56 Å². The Kier molecular flexibility index (Phi) is 3.64. The highest BCUT2D eigenvalue weighted by molar-refractivity contribution is 6.26. The lowest BCUT2D eigenvalue weighted by molar-refractivity contribution is -0.00610. The summed E-state index contributed by atoms with van der Waals surface area (Å²) in [6.45, 7) is 3.73. The maximum atomic E-state index is 12.6. The fraction of sp³-hybridized carbons (Fsp3) is 0.412. The molecule has 1 heterocycles. The van der Waals surface area contributed by atoms with Gasteiger partial charge in [0.2, 0.25) is 23.1 Å². The smallest absolute Gasteiger partial charge is 0.236 e. The lowest BCUT2D eigenvalue weighted by Gasteiger charge is -2.31. The van der Waals surface area contributed by atoms with Gasteiger partial charge in [-0.2, -0.15) is 0 Å². The molecule has 1 N–H and O–H groups in total. The standard InChI is InChI=1S/C17H18O6/c1-7-5-9-6-10-12(14(19)11(9)8(2)23-7)15(20)17(22-4)16(21-3)13(10)18/h6-8,19H,5H2,1-4H3/t7-,8+/m1/s1. The van der Waals surface area contributed by atoms with Crippen molar-refractivity contribution >= 4 is 11.6 Å².